The standard InChI is InChI=1S/C28H25FN6O4S/c1-15-8-17-10-22(33-21(17)11-20(15)34-40-14-26(36)38-3)27(37)18-12-32-35(28(18)30)23-13-31-25(9-16(23)2)39-24-7-5-4-6-19(24)29/h4-13,33-34H,14,30H2,1-3H3. The monoisotopic (exact) mass is 560 g/mol. The Hall–Kier alpha value is -4.84. The molecule has 5 aromatic rings. The molecule has 0 aliphatic carbocycles. The number of benzene rings is 2. The van der Waals surface area contributed by atoms with Crippen LogP contribution in [0.5, 0.6) is 11.6 Å². The summed E-state index contributed by atoms with van der Waals surface area (Å²) < 4.78 is 28.7. The minimum absolute atomic E-state index is 0.0602. The molecule has 3 aromatic heterocycles. The van der Waals surface area contributed by atoms with Crippen molar-refractivity contribution in [3.63, 3.8) is 0 Å². The first-order valence-electron chi connectivity index (χ1n) is 12.1. The third kappa shape index (κ3) is 5.34. The van der Waals surface area contributed by atoms with E-state index < -0.39 is 5.82 Å². The highest BCUT2D eigenvalue weighted by Crippen LogP contribution is 2.29. The Morgan fingerprint density at radius 1 is 1.12 bits per heavy atom. The molecule has 0 aliphatic rings. The first kappa shape index (κ1) is 26.8. The van der Waals surface area contributed by atoms with E-state index in [9.17, 15) is 14.0 Å². The number of hydrogen-bond acceptors (Lipinski definition) is 9. The first-order chi connectivity index (χ1) is 19.2. The minimum atomic E-state index is -0.498. The summed E-state index contributed by atoms with van der Waals surface area (Å²) in [4.78, 5) is 32.2. The van der Waals surface area contributed by atoms with Crippen molar-refractivity contribution in [2.45, 2.75) is 13.8 Å². The molecule has 3 heterocycles. The van der Waals surface area contributed by atoms with E-state index in [0.717, 1.165) is 22.2 Å². The Bertz CT molecular complexity index is 1750. The van der Waals surface area contributed by atoms with Gasteiger partial charge in [0.25, 0.3) is 0 Å². The fourth-order valence-corrected chi connectivity index (χ4v) is 4.75. The quantitative estimate of drug-likeness (QED) is 0.124. The average molecular weight is 561 g/mol. The molecule has 5 rings (SSSR count). The molecule has 10 nitrogen and oxygen atoms in total. The number of pyridine rings is 1. The zero-order valence-electron chi connectivity index (χ0n) is 21.8. The molecule has 0 saturated carbocycles. The molecular formula is C28H25FN6O4S. The summed E-state index contributed by atoms with van der Waals surface area (Å²) in [6.45, 7) is 3.74. The van der Waals surface area contributed by atoms with Gasteiger partial charge in [0.05, 0.1) is 36.4 Å². The van der Waals surface area contributed by atoms with Crippen LogP contribution in [0.1, 0.15) is 27.2 Å². The molecule has 204 valence electrons. The van der Waals surface area contributed by atoms with Gasteiger partial charge < -0.3 is 24.9 Å². The van der Waals surface area contributed by atoms with Crippen LogP contribution in [0.15, 0.2) is 60.9 Å². The van der Waals surface area contributed by atoms with Gasteiger partial charge in [-0.3, -0.25) is 9.59 Å². The number of rotatable bonds is 9. The van der Waals surface area contributed by atoms with Gasteiger partial charge in [-0.15, -0.1) is 0 Å². The lowest BCUT2D eigenvalue weighted by Crippen LogP contribution is -2.09. The van der Waals surface area contributed by atoms with Crippen LogP contribution in [-0.4, -0.2) is 44.4 Å². The van der Waals surface area contributed by atoms with Gasteiger partial charge in [-0.2, -0.15) is 5.10 Å². The molecule has 0 saturated heterocycles. The number of carbonyl (C=O) groups excluding carboxylic acids is 2. The minimum Gasteiger partial charge on any atom is -0.468 e. The van der Waals surface area contributed by atoms with E-state index in [0.29, 0.717) is 16.9 Å². The number of esters is 1. The fraction of sp³-hybridized carbons (Fsp3) is 0.143. The van der Waals surface area contributed by atoms with E-state index in [-0.39, 0.29) is 40.5 Å². The van der Waals surface area contributed by atoms with Gasteiger partial charge in [-0.1, -0.05) is 12.1 Å². The summed E-state index contributed by atoms with van der Waals surface area (Å²) in [6.07, 6.45) is 2.91. The van der Waals surface area contributed by atoms with Crippen LogP contribution in [0.4, 0.5) is 15.9 Å². The Morgan fingerprint density at radius 2 is 1.93 bits per heavy atom. The maximum atomic E-state index is 13.9. The number of halogens is 1. The number of H-pyrrole nitrogens is 1. The zero-order valence-corrected chi connectivity index (χ0v) is 22.6. The summed E-state index contributed by atoms with van der Waals surface area (Å²) >= 11 is 1.21. The maximum absolute atomic E-state index is 13.9. The number of hydrogen-bond donors (Lipinski definition) is 3. The number of ether oxygens (including phenoxy) is 2. The second-order valence-corrected chi connectivity index (χ2v) is 9.71. The Balaban J connectivity index is 1.37. The second kappa shape index (κ2) is 11.1. The van der Waals surface area contributed by atoms with Crippen LogP contribution in [0, 0.1) is 19.7 Å². The van der Waals surface area contributed by atoms with Gasteiger partial charge in [-0.25, -0.2) is 14.1 Å². The van der Waals surface area contributed by atoms with Crippen molar-refractivity contribution >= 4 is 46.1 Å². The lowest BCUT2D eigenvalue weighted by atomic mass is 10.1. The predicted octanol–water partition coefficient (Wildman–Crippen LogP) is 5.34. The van der Waals surface area contributed by atoms with Crippen molar-refractivity contribution in [3.8, 4) is 17.3 Å². The largest absolute Gasteiger partial charge is 0.468 e. The van der Waals surface area contributed by atoms with Gasteiger partial charge in [0, 0.05) is 22.7 Å². The SMILES string of the molecule is COC(=O)CSNc1cc2[nH]c(C(=O)c3cnn(-c4cnc(Oc5ccccc5F)cc4C)c3N)cc2cc1C. The molecule has 0 bridgehead atoms. The Kier molecular flexibility index (Phi) is 7.43. The fourth-order valence-electron chi connectivity index (χ4n) is 4.07. The van der Waals surface area contributed by atoms with Crippen molar-refractivity contribution in [3.05, 3.63) is 89.1 Å². The number of aromatic amines is 1. The maximum Gasteiger partial charge on any atom is 0.317 e. The number of methoxy groups -OCH3 is 1. The van der Waals surface area contributed by atoms with E-state index in [1.807, 2.05) is 26.0 Å². The van der Waals surface area contributed by atoms with E-state index >= 15 is 0 Å². The third-order valence-corrected chi connectivity index (χ3v) is 6.94. The molecule has 0 radical (unpaired) electrons. The van der Waals surface area contributed by atoms with E-state index in [2.05, 4.69) is 24.5 Å². The Labute approximate surface area is 232 Å². The Morgan fingerprint density at radius 3 is 2.67 bits per heavy atom. The number of anilines is 2. The zero-order chi connectivity index (χ0) is 28.4. The topological polar surface area (TPSA) is 137 Å². The third-order valence-electron chi connectivity index (χ3n) is 6.20. The summed E-state index contributed by atoms with van der Waals surface area (Å²) in [5.41, 5.74) is 10.7. The van der Waals surface area contributed by atoms with Crippen molar-refractivity contribution in [2.75, 3.05) is 23.3 Å². The molecule has 0 spiro atoms. The van der Waals surface area contributed by atoms with Crippen molar-refractivity contribution in [2.24, 2.45) is 0 Å². The van der Waals surface area contributed by atoms with Crippen LogP contribution >= 0.6 is 11.9 Å². The number of ketones is 1. The molecule has 0 fully saturated rings. The van der Waals surface area contributed by atoms with Crippen molar-refractivity contribution < 1.29 is 23.5 Å². The second-order valence-electron chi connectivity index (χ2n) is 8.93. The van der Waals surface area contributed by atoms with Crippen molar-refractivity contribution in [1.29, 1.82) is 0 Å². The van der Waals surface area contributed by atoms with Crippen molar-refractivity contribution in [1.82, 2.24) is 19.7 Å². The highest BCUT2D eigenvalue weighted by Gasteiger charge is 2.21. The number of aryl methyl sites for hydroxylation is 2. The number of nitrogens with one attached hydrogen (secondary N) is 2. The van der Waals surface area contributed by atoms with Gasteiger partial charge in [0.1, 0.15) is 11.6 Å². The van der Waals surface area contributed by atoms with Crippen LogP contribution in [0.25, 0.3) is 16.6 Å². The first-order valence-corrected chi connectivity index (χ1v) is 13.1. The molecular weight excluding hydrogens is 535 g/mol. The average Bonchev–Trinajstić information content (AvgIpc) is 3.52. The number of nitrogens with zero attached hydrogens (tertiary/aromatic N) is 3. The highest BCUT2D eigenvalue weighted by atomic mass is 32.2. The molecule has 0 aliphatic heterocycles. The van der Waals surface area contributed by atoms with E-state index in [1.165, 1.54) is 48.3 Å². The lowest BCUT2D eigenvalue weighted by molar-refractivity contribution is -0.137. The molecule has 0 unspecified atom stereocenters. The summed E-state index contributed by atoms with van der Waals surface area (Å²) in [6, 6.07) is 13.3. The van der Waals surface area contributed by atoms with Gasteiger partial charge in [-0.05, 0) is 67.3 Å². The lowest BCUT2D eigenvalue weighted by Gasteiger charge is -2.11. The summed E-state index contributed by atoms with van der Waals surface area (Å²) in [7, 11) is 1.34. The van der Waals surface area contributed by atoms with E-state index in [4.69, 9.17) is 10.5 Å². The number of aromatic nitrogens is 4. The van der Waals surface area contributed by atoms with Crippen LogP contribution in [0.3, 0.4) is 0 Å². The molecule has 12 heteroatoms. The molecule has 0 amide bonds. The molecule has 4 N–H and O–H groups in total. The predicted molar refractivity (Wildman–Crippen MR) is 152 cm³/mol. The number of nitrogens with two attached hydrogens (primary N) is 1. The van der Waals surface area contributed by atoms with Crippen LogP contribution in [-0.2, 0) is 9.53 Å². The van der Waals surface area contributed by atoms with Gasteiger partial charge in [0.2, 0.25) is 11.7 Å². The number of para-hydroxylation sites is 1. The number of nitrogen functional groups attached to an aromatic ring is 1. The summed E-state index contributed by atoms with van der Waals surface area (Å²) in [5.74, 6) is -0.583. The van der Waals surface area contributed by atoms with Crippen LogP contribution in [0.2, 0.25) is 0 Å². The smallest absolute Gasteiger partial charge is 0.317 e. The number of fused-ring (bicyclic) bond motifs is 1. The molecule has 2 aromatic carbocycles. The number of carbonyl (C=O) groups is 2. The van der Waals surface area contributed by atoms with E-state index in [1.54, 1.807) is 24.3 Å². The van der Waals surface area contributed by atoms with Gasteiger partial charge >= 0.3 is 5.97 Å². The summed E-state index contributed by atoms with van der Waals surface area (Å²) in [5, 5.41) is 5.17. The molecule has 40 heavy (non-hydrogen) atoms. The highest BCUT2D eigenvalue weighted by molar-refractivity contribution is 8.01. The normalized spacial score (nSPS) is 11.0. The van der Waals surface area contributed by atoms with Gasteiger partial charge in [0.15, 0.2) is 11.6 Å². The molecule has 0 atom stereocenters. The van der Waals surface area contributed by atoms with Crippen LogP contribution < -0.4 is 15.2 Å².